The van der Waals surface area contributed by atoms with Crippen LogP contribution < -0.4 is 0 Å². The van der Waals surface area contributed by atoms with Gasteiger partial charge in [0, 0.05) is 5.41 Å². The Balaban J connectivity index is 0.000000356. The molecular weight excluding hydrogens is 731 g/mol. The van der Waals surface area contributed by atoms with E-state index in [9.17, 15) is 0 Å². The number of benzene rings is 6. The molecule has 6 aromatic carbocycles. The maximum absolute atomic E-state index is 3.63. The minimum atomic E-state index is -0.0591. The van der Waals surface area contributed by atoms with Crippen molar-refractivity contribution in [3.05, 3.63) is 227 Å². The molecule has 0 saturated heterocycles. The van der Waals surface area contributed by atoms with E-state index in [1.807, 2.05) is 60.7 Å². The summed E-state index contributed by atoms with van der Waals surface area (Å²) in [6.45, 7) is 13.4. The molecule has 0 heterocycles. The Kier molecular flexibility index (Phi) is 19.7. The zero-order valence-electron chi connectivity index (χ0n) is 32.4. The summed E-state index contributed by atoms with van der Waals surface area (Å²) in [6.07, 6.45) is 11.0. The number of hydrogen-bond acceptors (Lipinski definition) is 0. The van der Waals surface area contributed by atoms with Crippen molar-refractivity contribution >= 4 is 29.6 Å². The number of fused-ring (bicyclic) bond motifs is 3. The second-order valence-electron chi connectivity index (χ2n) is 14.0. The monoisotopic (exact) mass is 782 g/mol. The van der Waals surface area contributed by atoms with Gasteiger partial charge in [0.15, 0.2) is 0 Å². The first-order chi connectivity index (χ1) is 25.2. The molecule has 0 saturated carbocycles. The second kappa shape index (κ2) is 23.0. The molecule has 8 rings (SSSR count). The van der Waals surface area contributed by atoms with Crippen molar-refractivity contribution in [2.45, 2.75) is 65.2 Å². The first-order valence-electron chi connectivity index (χ1n) is 17.9. The number of hydrogen-bond donors (Lipinski definition) is 0. The van der Waals surface area contributed by atoms with Gasteiger partial charge in [0.25, 0.3) is 0 Å². The van der Waals surface area contributed by atoms with Gasteiger partial charge in [-0.2, -0.15) is 102 Å². The van der Waals surface area contributed by atoms with E-state index in [4.69, 9.17) is 0 Å². The molecule has 3 heteroatoms. The molecule has 6 aromatic rings. The van der Waals surface area contributed by atoms with Gasteiger partial charge in [-0.25, -0.2) is 12.2 Å². The van der Waals surface area contributed by atoms with Crippen molar-refractivity contribution in [1.82, 2.24) is 0 Å². The molecule has 0 amide bonds. The van der Waals surface area contributed by atoms with Crippen LogP contribution in [0.4, 0.5) is 0 Å². The van der Waals surface area contributed by atoms with Crippen LogP contribution in [0.5, 0.6) is 0 Å². The molecule has 0 atom stereocenters. The van der Waals surface area contributed by atoms with Crippen LogP contribution in [0, 0.1) is 38.1 Å². The molecule has 2 aliphatic carbocycles. The molecule has 0 nitrogen and oxygen atoms in total. The maximum atomic E-state index is 3.63. The summed E-state index contributed by atoms with van der Waals surface area (Å²) in [6, 6.07) is 58.5. The fraction of sp³-hybridized carbons (Fsp3) is 0.196. The fourth-order valence-electron chi connectivity index (χ4n) is 6.16. The predicted molar refractivity (Wildman–Crippen MR) is 234 cm³/mol. The zero-order valence-corrected chi connectivity index (χ0v) is 35.6. The molecule has 0 fully saturated rings. The summed E-state index contributed by atoms with van der Waals surface area (Å²) in [4.78, 5) is 3.25. The second-order valence-corrected chi connectivity index (χ2v) is 14.0. The molecule has 278 valence electrons. The van der Waals surface area contributed by atoms with E-state index in [0.29, 0.717) is 0 Å². The summed E-state index contributed by atoms with van der Waals surface area (Å²) in [5.41, 5.74) is 13.3. The third-order valence-corrected chi connectivity index (χ3v) is 9.58. The van der Waals surface area contributed by atoms with E-state index < -0.39 is 0 Å². The van der Waals surface area contributed by atoms with Gasteiger partial charge in [-0.1, -0.05) is 132 Å². The quantitative estimate of drug-likeness (QED) is 0.123. The summed E-state index contributed by atoms with van der Waals surface area (Å²) in [7, 11) is 0. The van der Waals surface area contributed by atoms with Crippen LogP contribution in [0.25, 0.3) is 11.1 Å². The Morgan fingerprint density at radius 2 is 1.06 bits per heavy atom. The standard InChI is InChI=1S/C31H29.2C7H7.C5H5.CH2.2ClH.Ti/c1-30(2,24-11-7-5-8-12-24)26-17-15-22-19-23-16-18-27(21-29(23)28(22)20-26)31(3,4)25-13-9-6-10-14-25;2*1-7-5-3-2-4-6-7;1-2-4-5-3-1;;;;/h5-15,17-18,20-21H,19H2,1-4H3;2*3-6H,1H3;1-3H,4H2;1H2;2*1H;/q4*-1;;;;. The topological polar surface area (TPSA) is 0 Å². The fourth-order valence-corrected chi connectivity index (χ4v) is 6.16. The summed E-state index contributed by atoms with van der Waals surface area (Å²) < 4.78 is 0. The van der Waals surface area contributed by atoms with E-state index in [-0.39, 0.29) is 35.6 Å². The van der Waals surface area contributed by atoms with Crippen molar-refractivity contribution in [2.75, 3.05) is 0 Å². The van der Waals surface area contributed by atoms with Gasteiger partial charge < -0.3 is 0 Å². The van der Waals surface area contributed by atoms with E-state index in [1.165, 1.54) is 55.6 Å². The van der Waals surface area contributed by atoms with Gasteiger partial charge in [-0.3, -0.25) is 6.08 Å². The van der Waals surface area contributed by atoms with Gasteiger partial charge in [0.05, 0.1) is 0 Å². The zero-order chi connectivity index (χ0) is 37.4. The van der Waals surface area contributed by atoms with Crippen molar-refractivity contribution < 1.29 is 20.0 Å². The van der Waals surface area contributed by atoms with E-state index >= 15 is 0 Å². The van der Waals surface area contributed by atoms with Crippen LogP contribution in [0.1, 0.15) is 78.6 Å². The van der Waals surface area contributed by atoms with Crippen molar-refractivity contribution in [2.24, 2.45) is 0 Å². The molecule has 0 aromatic heterocycles. The number of aryl methyl sites for hydroxylation is 2. The molecule has 54 heavy (non-hydrogen) atoms. The summed E-state index contributed by atoms with van der Waals surface area (Å²) in [5, 5.41) is 0. The third kappa shape index (κ3) is 12.8. The van der Waals surface area contributed by atoms with Gasteiger partial charge in [-0.05, 0) is 28.5 Å². The van der Waals surface area contributed by atoms with Gasteiger partial charge in [-0.15, -0.1) is 42.4 Å². The number of allylic oxidation sites excluding steroid dienone is 4. The van der Waals surface area contributed by atoms with Crippen molar-refractivity contribution in [3.63, 3.8) is 0 Å². The number of rotatable bonds is 4. The van der Waals surface area contributed by atoms with Crippen molar-refractivity contribution in [3.8, 4) is 11.1 Å². The molecule has 0 radical (unpaired) electrons. The SMILES string of the molecule is CC(C)(c1ccccc1)c1c[c-]c2c(c1)-c1cc(C(C)(C)c3ccccc3)ccc1C2.Cc1cc[c-]cc1.Cc1cc[c-]cc1.Cl.Cl.[C-]1=CC=CC1.[CH2]=[Ti]. The molecule has 0 spiro atoms. The van der Waals surface area contributed by atoms with Crippen LogP contribution in [-0.2, 0) is 37.2 Å². The molecular formula is C51H52Cl2Ti-4. The Morgan fingerprint density at radius 3 is 1.46 bits per heavy atom. The predicted octanol–water partition coefficient (Wildman–Crippen LogP) is 13.4. The molecule has 0 unspecified atom stereocenters. The Bertz CT molecular complexity index is 1870. The van der Waals surface area contributed by atoms with E-state index in [0.717, 1.165) is 12.8 Å². The average Bonchev–Trinajstić information content (AvgIpc) is 3.90. The summed E-state index contributed by atoms with van der Waals surface area (Å²) >= 11 is 1.75. The Hall–Kier alpha value is -4.04. The molecule has 0 aliphatic heterocycles. The normalized spacial score (nSPS) is 11.4. The van der Waals surface area contributed by atoms with Crippen LogP contribution >= 0.6 is 24.8 Å². The van der Waals surface area contributed by atoms with Crippen LogP contribution in [0.2, 0.25) is 0 Å². The number of halogens is 2. The minimum absolute atomic E-state index is 0. The van der Waals surface area contributed by atoms with Gasteiger partial charge in [0.1, 0.15) is 0 Å². The average molecular weight is 784 g/mol. The first kappa shape index (κ1) is 46.1. The van der Waals surface area contributed by atoms with E-state index in [2.05, 4.69) is 168 Å². The molecule has 2 aliphatic rings. The van der Waals surface area contributed by atoms with Gasteiger partial charge in [0.2, 0.25) is 0 Å². The third-order valence-electron chi connectivity index (χ3n) is 9.58. The summed E-state index contributed by atoms with van der Waals surface area (Å²) in [5.74, 6) is 0. The molecule has 0 N–H and O–H groups in total. The van der Waals surface area contributed by atoms with Crippen molar-refractivity contribution in [1.29, 1.82) is 0 Å². The van der Waals surface area contributed by atoms with Crippen LogP contribution in [0.3, 0.4) is 0 Å². The van der Waals surface area contributed by atoms with Crippen LogP contribution in [0.15, 0.2) is 158 Å². The Labute approximate surface area is 350 Å². The van der Waals surface area contributed by atoms with Gasteiger partial charge >= 0.3 is 24.8 Å². The van der Waals surface area contributed by atoms with E-state index in [1.54, 1.807) is 20.0 Å². The molecule has 0 bridgehead atoms. The first-order valence-corrected chi connectivity index (χ1v) is 19.0. The van der Waals surface area contributed by atoms with Crippen LogP contribution in [-0.4, -0.2) is 4.82 Å². The Morgan fingerprint density at radius 1 is 0.574 bits per heavy atom.